The molecular weight excluding hydrogens is 293 g/mol. The van der Waals surface area contributed by atoms with E-state index < -0.39 is 0 Å². The van der Waals surface area contributed by atoms with Crippen molar-refractivity contribution in [2.24, 2.45) is 0 Å². The molecule has 0 fully saturated rings. The fraction of sp³-hybridized carbons (Fsp3) is 0.333. The Morgan fingerprint density at radius 3 is 2.90 bits per heavy atom. The zero-order valence-corrected chi connectivity index (χ0v) is 12.5. The van der Waals surface area contributed by atoms with E-state index in [2.05, 4.69) is 21.4 Å². The van der Waals surface area contributed by atoms with Crippen LogP contribution in [-0.4, -0.2) is 4.57 Å². The average molecular weight is 307 g/mol. The first-order valence-corrected chi connectivity index (χ1v) is 7.40. The SMILES string of the molecule is N#CCC[n+]1cc(-c2ccc(Cl)c(Cl)c2)n2c1CCC2. The van der Waals surface area contributed by atoms with Crippen LogP contribution in [-0.2, 0) is 19.5 Å². The summed E-state index contributed by atoms with van der Waals surface area (Å²) in [6.45, 7) is 1.76. The van der Waals surface area contributed by atoms with Crippen LogP contribution in [0.4, 0.5) is 0 Å². The van der Waals surface area contributed by atoms with Gasteiger partial charge in [0.2, 0.25) is 0 Å². The summed E-state index contributed by atoms with van der Waals surface area (Å²) < 4.78 is 4.50. The summed E-state index contributed by atoms with van der Waals surface area (Å²) in [5.74, 6) is 1.29. The number of halogens is 2. The van der Waals surface area contributed by atoms with E-state index in [0.717, 1.165) is 37.2 Å². The van der Waals surface area contributed by atoms with Crippen LogP contribution >= 0.6 is 23.2 Å². The highest BCUT2D eigenvalue weighted by atomic mass is 35.5. The molecule has 3 rings (SSSR count). The molecule has 0 radical (unpaired) electrons. The highest BCUT2D eigenvalue weighted by molar-refractivity contribution is 6.42. The number of hydrogen-bond acceptors (Lipinski definition) is 1. The first-order valence-electron chi connectivity index (χ1n) is 6.65. The van der Waals surface area contributed by atoms with Crippen molar-refractivity contribution in [2.45, 2.75) is 32.4 Å². The number of aromatic nitrogens is 2. The minimum atomic E-state index is 0.530. The minimum Gasteiger partial charge on any atom is -0.232 e. The number of nitrogens with zero attached hydrogens (tertiary/aromatic N) is 3. The van der Waals surface area contributed by atoms with Crippen molar-refractivity contribution in [1.82, 2.24) is 4.57 Å². The van der Waals surface area contributed by atoms with Crippen LogP contribution < -0.4 is 4.57 Å². The Hall–Kier alpha value is -1.50. The predicted octanol–water partition coefficient (Wildman–Crippen LogP) is 3.61. The number of imidazole rings is 1. The number of hydrogen-bond donors (Lipinski definition) is 0. The second-order valence-corrected chi connectivity index (χ2v) is 5.73. The Kier molecular flexibility index (Phi) is 3.69. The van der Waals surface area contributed by atoms with Crippen LogP contribution in [0.15, 0.2) is 24.4 Å². The van der Waals surface area contributed by atoms with Gasteiger partial charge >= 0.3 is 0 Å². The van der Waals surface area contributed by atoms with Crippen molar-refractivity contribution in [3.63, 3.8) is 0 Å². The Morgan fingerprint density at radius 2 is 2.15 bits per heavy atom. The lowest BCUT2D eigenvalue weighted by atomic mass is 10.1. The van der Waals surface area contributed by atoms with E-state index in [1.807, 2.05) is 18.2 Å². The summed E-state index contributed by atoms with van der Waals surface area (Å²) in [5, 5.41) is 9.91. The van der Waals surface area contributed by atoms with Gasteiger partial charge in [-0.3, -0.25) is 0 Å². The van der Waals surface area contributed by atoms with E-state index in [-0.39, 0.29) is 0 Å². The Bertz CT molecular complexity index is 698. The molecule has 1 aromatic carbocycles. The van der Waals surface area contributed by atoms with Gasteiger partial charge in [-0.1, -0.05) is 23.2 Å². The average Bonchev–Trinajstić information content (AvgIpc) is 3.02. The normalized spacial score (nSPS) is 13.2. The maximum atomic E-state index is 8.76. The predicted molar refractivity (Wildman–Crippen MR) is 78.6 cm³/mol. The number of benzene rings is 1. The van der Waals surface area contributed by atoms with Gasteiger partial charge in [0.25, 0.3) is 5.82 Å². The molecule has 20 heavy (non-hydrogen) atoms. The first kappa shape index (κ1) is 13.5. The number of rotatable bonds is 3. The Morgan fingerprint density at radius 1 is 1.30 bits per heavy atom. The second-order valence-electron chi connectivity index (χ2n) is 4.92. The summed E-state index contributed by atoms with van der Waals surface area (Å²) in [7, 11) is 0. The molecule has 1 aliphatic rings. The molecule has 3 nitrogen and oxygen atoms in total. The molecule has 1 aromatic heterocycles. The third-order valence-corrected chi connectivity index (χ3v) is 4.41. The zero-order valence-electron chi connectivity index (χ0n) is 10.9. The Labute approximate surface area is 128 Å². The van der Waals surface area contributed by atoms with Gasteiger partial charge < -0.3 is 0 Å². The number of aryl methyl sites for hydroxylation is 1. The standard InChI is InChI=1S/C15H14Cl2N3/c16-12-5-4-11(9-13(12)17)14-10-19(7-2-6-18)15-3-1-8-20(14)15/h4-5,9-10H,1-3,7-8H2/q+1. The van der Waals surface area contributed by atoms with Crippen molar-refractivity contribution in [1.29, 1.82) is 5.26 Å². The lowest BCUT2D eigenvalue weighted by molar-refractivity contribution is -0.701. The zero-order chi connectivity index (χ0) is 14.1. The van der Waals surface area contributed by atoms with Gasteiger partial charge in [-0.25, -0.2) is 9.13 Å². The lowest BCUT2D eigenvalue weighted by Crippen LogP contribution is -2.35. The van der Waals surface area contributed by atoms with Gasteiger partial charge in [0.15, 0.2) is 5.69 Å². The molecule has 0 amide bonds. The molecule has 5 heteroatoms. The van der Waals surface area contributed by atoms with Crippen molar-refractivity contribution >= 4 is 23.2 Å². The highest BCUT2D eigenvalue weighted by Crippen LogP contribution is 2.30. The molecule has 0 unspecified atom stereocenters. The molecule has 2 aromatic rings. The molecule has 0 saturated heterocycles. The highest BCUT2D eigenvalue weighted by Gasteiger charge is 2.28. The summed E-state index contributed by atoms with van der Waals surface area (Å²) >= 11 is 12.1. The molecule has 1 aliphatic heterocycles. The fourth-order valence-corrected chi connectivity index (χ4v) is 3.06. The number of nitriles is 1. The molecule has 0 saturated carbocycles. The Balaban J connectivity index is 2.05. The van der Waals surface area contributed by atoms with Gasteiger partial charge in [-0.15, -0.1) is 0 Å². The van der Waals surface area contributed by atoms with Crippen LogP contribution in [0.25, 0.3) is 11.3 Å². The maximum absolute atomic E-state index is 8.76. The van der Waals surface area contributed by atoms with Crippen molar-refractivity contribution in [3.05, 3.63) is 40.3 Å². The van der Waals surface area contributed by atoms with Gasteiger partial charge in [-0.2, -0.15) is 5.26 Å². The molecule has 0 spiro atoms. The van der Waals surface area contributed by atoms with Gasteiger partial charge in [0.05, 0.1) is 35.5 Å². The van der Waals surface area contributed by atoms with Crippen LogP contribution in [0.2, 0.25) is 10.0 Å². The minimum absolute atomic E-state index is 0.530. The summed E-state index contributed by atoms with van der Waals surface area (Å²) in [6.07, 6.45) is 4.86. The monoisotopic (exact) mass is 306 g/mol. The van der Waals surface area contributed by atoms with E-state index in [1.54, 1.807) is 0 Å². The lowest BCUT2D eigenvalue weighted by Gasteiger charge is -2.01. The van der Waals surface area contributed by atoms with Gasteiger partial charge in [0, 0.05) is 5.56 Å². The maximum Gasteiger partial charge on any atom is 0.257 e. The van der Waals surface area contributed by atoms with E-state index >= 15 is 0 Å². The topological polar surface area (TPSA) is 32.6 Å². The van der Waals surface area contributed by atoms with E-state index in [9.17, 15) is 0 Å². The smallest absolute Gasteiger partial charge is 0.232 e. The van der Waals surface area contributed by atoms with Crippen LogP contribution in [0, 0.1) is 11.3 Å². The molecular formula is C15H14Cl2N3+. The summed E-state index contributed by atoms with van der Waals surface area (Å²) in [5.41, 5.74) is 2.22. The largest absolute Gasteiger partial charge is 0.257 e. The number of fused-ring (bicyclic) bond motifs is 1. The third kappa shape index (κ3) is 2.30. The molecule has 0 aliphatic carbocycles. The summed E-state index contributed by atoms with van der Waals surface area (Å²) in [6, 6.07) is 7.92. The van der Waals surface area contributed by atoms with E-state index in [4.69, 9.17) is 28.5 Å². The van der Waals surface area contributed by atoms with Crippen molar-refractivity contribution < 1.29 is 4.57 Å². The third-order valence-electron chi connectivity index (χ3n) is 3.67. The van der Waals surface area contributed by atoms with Crippen LogP contribution in [0.1, 0.15) is 18.7 Å². The quantitative estimate of drug-likeness (QED) is 0.797. The molecule has 102 valence electrons. The molecule has 0 atom stereocenters. The van der Waals surface area contributed by atoms with Crippen LogP contribution in [0.3, 0.4) is 0 Å². The fourth-order valence-electron chi connectivity index (χ4n) is 2.76. The van der Waals surface area contributed by atoms with E-state index in [1.165, 1.54) is 5.82 Å². The summed E-state index contributed by atoms with van der Waals surface area (Å²) in [4.78, 5) is 0. The van der Waals surface area contributed by atoms with Gasteiger partial charge in [-0.05, 0) is 24.6 Å². The van der Waals surface area contributed by atoms with Crippen LogP contribution in [0.5, 0.6) is 0 Å². The molecule has 2 heterocycles. The van der Waals surface area contributed by atoms with Crippen molar-refractivity contribution in [3.8, 4) is 17.3 Å². The second kappa shape index (κ2) is 5.47. The van der Waals surface area contributed by atoms with Gasteiger partial charge in [0.1, 0.15) is 12.7 Å². The van der Waals surface area contributed by atoms with E-state index in [0.29, 0.717) is 16.5 Å². The molecule has 0 bridgehead atoms. The van der Waals surface area contributed by atoms with Crippen molar-refractivity contribution in [2.75, 3.05) is 0 Å². The molecule has 0 N–H and O–H groups in total. The first-order chi connectivity index (χ1) is 9.70.